The Morgan fingerprint density at radius 2 is 1.93 bits per heavy atom. The highest BCUT2D eigenvalue weighted by Crippen LogP contribution is 2.29. The summed E-state index contributed by atoms with van der Waals surface area (Å²) in [6.45, 7) is 12.6. The summed E-state index contributed by atoms with van der Waals surface area (Å²) in [5.74, 6) is 0. The lowest BCUT2D eigenvalue weighted by atomic mass is 10.1. The molecule has 1 rings (SSSR count). The van der Waals surface area contributed by atoms with E-state index in [-0.39, 0.29) is 4.75 Å². The lowest BCUT2D eigenvalue weighted by Gasteiger charge is -2.19. The molecular weight excluding hydrogens is 220 g/mol. The van der Waals surface area contributed by atoms with Gasteiger partial charge >= 0.3 is 0 Å². The molecule has 0 aromatic carbocycles. The lowest BCUT2D eigenvalue weighted by molar-refractivity contribution is 0.809. The fourth-order valence-electron chi connectivity index (χ4n) is 1.10. The lowest BCUT2D eigenvalue weighted by Crippen LogP contribution is -2.11. The van der Waals surface area contributed by atoms with Crippen molar-refractivity contribution >= 4 is 28.2 Å². The maximum absolute atomic E-state index is 5.37. The Labute approximate surface area is 104 Å². The van der Waals surface area contributed by atoms with Crippen molar-refractivity contribution < 1.29 is 0 Å². The third-order valence-electron chi connectivity index (χ3n) is 1.63. The van der Waals surface area contributed by atoms with Crippen LogP contribution in [0.1, 0.15) is 33.6 Å². The molecule has 0 atom stereocenters. The van der Waals surface area contributed by atoms with Crippen LogP contribution in [0.15, 0.2) is 37.0 Å². The molecule has 0 aliphatic heterocycles. The van der Waals surface area contributed by atoms with Crippen molar-refractivity contribution in [3.8, 4) is 0 Å². The zero-order valence-corrected chi connectivity index (χ0v) is 11.5. The van der Waals surface area contributed by atoms with E-state index in [2.05, 4.69) is 52.2 Å². The molecule has 1 aliphatic rings. The molecule has 0 nitrogen and oxygen atoms in total. The second-order valence-corrected chi connectivity index (χ2v) is 6.64. The number of hydrogen-bond donors (Lipinski definition) is 0. The van der Waals surface area contributed by atoms with Gasteiger partial charge in [-0.1, -0.05) is 51.2 Å². The summed E-state index contributed by atoms with van der Waals surface area (Å²) in [7, 11) is 0. The SMILES string of the molecule is C=C.CC(C)(C)SC(=S)C1=CCCC=C1. The molecule has 0 radical (unpaired) electrons. The molecule has 0 heterocycles. The van der Waals surface area contributed by atoms with Crippen molar-refractivity contribution in [1.29, 1.82) is 0 Å². The van der Waals surface area contributed by atoms with Crippen LogP contribution >= 0.6 is 24.0 Å². The molecule has 2 heteroatoms. The Kier molecular flexibility index (Phi) is 6.86. The fourth-order valence-corrected chi connectivity index (χ4v) is 2.83. The number of thioether (sulfide) groups is 1. The second kappa shape index (κ2) is 7.02. The molecule has 0 aromatic rings. The normalized spacial score (nSPS) is 15.0. The highest BCUT2D eigenvalue weighted by Gasteiger charge is 2.15. The minimum absolute atomic E-state index is 0.225. The van der Waals surface area contributed by atoms with Crippen molar-refractivity contribution in [3.05, 3.63) is 37.0 Å². The Hall–Kier alpha value is -0.340. The Morgan fingerprint density at radius 1 is 1.33 bits per heavy atom. The van der Waals surface area contributed by atoms with Gasteiger partial charge in [0.1, 0.15) is 0 Å². The predicted molar refractivity (Wildman–Crippen MR) is 77.7 cm³/mol. The van der Waals surface area contributed by atoms with Crippen molar-refractivity contribution in [1.82, 2.24) is 0 Å². The molecule has 15 heavy (non-hydrogen) atoms. The zero-order valence-electron chi connectivity index (χ0n) is 9.88. The molecular formula is C13H20S2. The van der Waals surface area contributed by atoms with Gasteiger partial charge in [0.15, 0.2) is 0 Å². The molecule has 84 valence electrons. The van der Waals surface area contributed by atoms with Gasteiger partial charge in [-0.3, -0.25) is 0 Å². The number of hydrogen-bond acceptors (Lipinski definition) is 2. The average Bonchev–Trinajstić information content (AvgIpc) is 2.20. The number of thiocarbonyl (C=S) groups is 1. The van der Waals surface area contributed by atoms with Crippen LogP contribution in [-0.2, 0) is 0 Å². The minimum atomic E-state index is 0.225. The van der Waals surface area contributed by atoms with Crippen LogP contribution in [-0.4, -0.2) is 8.94 Å². The summed E-state index contributed by atoms with van der Waals surface area (Å²) >= 11 is 7.14. The molecule has 0 N–H and O–H groups in total. The van der Waals surface area contributed by atoms with Gasteiger partial charge in [0.05, 0.1) is 4.20 Å². The number of rotatable bonds is 1. The first-order valence-corrected chi connectivity index (χ1v) is 6.31. The van der Waals surface area contributed by atoms with Crippen LogP contribution in [0.2, 0.25) is 0 Å². The van der Waals surface area contributed by atoms with Gasteiger partial charge in [-0.2, -0.15) is 0 Å². The highest BCUT2D eigenvalue weighted by atomic mass is 32.2. The van der Waals surface area contributed by atoms with Gasteiger partial charge in [0.2, 0.25) is 0 Å². The maximum atomic E-state index is 5.37. The molecule has 0 saturated carbocycles. The van der Waals surface area contributed by atoms with Gasteiger partial charge in [-0.05, 0) is 18.4 Å². The first-order chi connectivity index (χ1) is 6.99. The monoisotopic (exact) mass is 240 g/mol. The third-order valence-corrected chi connectivity index (χ3v) is 3.15. The topological polar surface area (TPSA) is 0 Å². The standard InChI is InChI=1S/C11H16S2.C2H4/c1-11(2,3)13-10(12)9-7-5-4-6-8-9;1-2/h5,7-8H,4,6H2,1-3H3;1-2H2. The Morgan fingerprint density at radius 3 is 2.33 bits per heavy atom. The summed E-state index contributed by atoms with van der Waals surface area (Å²) in [5.41, 5.74) is 1.24. The molecule has 1 aliphatic carbocycles. The van der Waals surface area contributed by atoms with E-state index in [0.29, 0.717) is 0 Å². The first-order valence-electron chi connectivity index (χ1n) is 5.09. The molecule has 0 saturated heterocycles. The van der Waals surface area contributed by atoms with Crippen LogP contribution < -0.4 is 0 Å². The van der Waals surface area contributed by atoms with Crippen molar-refractivity contribution in [2.75, 3.05) is 0 Å². The van der Waals surface area contributed by atoms with Crippen LogP contribution in [0.5, 0.6) is 0 Å². The third kappa shape index (κ3) is 6.69. The number of allylic oxidation sites excluding steroid dienone is 3. The van der Waals surface area contributed by atoms with Gasteiger partial charge in [-0.25, -0.2) is 0 Å². The quantitative estimate of drug-likeness (QED) is 0.471. The average molecular weight is 240 g/mol. The van der Waals surface area contributed by atoms with Gasteiger partial charge < -0.3 is 0 Å². The molecule has 0 spiro atoms. The van der Waals surface area contributed by atoms with E-state index < -0.39 is 0 Å². The minimum Gasteiger partial charge on any atom is -0.108 e. The van der Waals surface area contributed by atoms with Crippen molar-refractivity contribution in [2.24, 2.45) is 0 Å². The Balaban J connectivity index is 0.000000921. The van der Waals surface area contributed by atoms with E-state index in [0.717, 1.165) is 17.0 Å². The smallest absolute Gasteiger partial charge is 0.0780 e. The first kappa shape index (κ1) is 14.7. The summed E-state index contributed by atoms with van der Waals surface area (Å²) < 4.78 is 1.26. The molecule has 0 amide bonds. The summed E-state index contributed by atoms with van der Waals surface area (Å²) in [5, 5.41) is 0. The Bertz CT molecular complexity index is 267. The van der Waals surface area contributed by atoms with Crippen molar-refractivity contribution in [3.63, 3.8) is 0 Å². The predicted octanol–water partition coefficient (Wildman–Crippen LogP) is 4.92. The van der Waals surface area contributed by atoms with Crippen LogP contribution in [0.25, 0.3) is 0 Å². The molecule has 0 bridgehead atoms. The van der Waals surface area contributed by atoms with Gasteiger partial charge in [-0.15, -0.1) is 24.9 Å². The highest BCUT2D eigenvalue weighted by molar-refractivity contribution is 8.24. The van der Waals surface area contributed by atoms with Crippen LogP contribution in [0, 0.1) is 0 Å². The summed E-state index contributed by atoms with van der Waals surface area (Å²) in [6, 6.07) is 0. The molecule has 0 aromatic heterocycles. The van der Waals surface area contributed by atoms with Crippen LogP contribution in [0.3, 0.4) is 0 Å². The van der Waals surface area contributed by atoms with Crippen molar-refractivity contribution in [2.45, 2.75) is 38.4 Å². The molecule has 0 unspecified atom stereocenters. The zero-order chi connectivity index (χ0) is 11.9. The summed E-state index contributed by atoms with van der Waals surface area (Å²) in [6.07, 6.45) is 8.87. The molecule has 0 fully saturated rings. The van der Waals surface area contributed by atoms with E-state index in [9.17, 15) is 0 Å². The van der Waals surface area contributed by atoms with E-state index in [1.165, 1.54) is 5.57 Å². The largest absolute Gasteiger partial charge is 0.108 e. The summed E-state index contributed by atoms with van der Waals surface area (Å²) in [4.78, 5) is 0. The van der Waals surface area contributed by atoms with E-state index >= 15 is 0 Å². The van der Waals surface area contributed by atoms with E-state index in [4.69, 9.17) is 12.2 Å². The van der Waals surface area contributed by atoms with E-state index in [1.807, 2.05) is 0 Å². The second-order valence-electron chi connectivity index (χ2n) is 4.14. The van der Waals surface area contributed by atoms with Gasteiger partial charge in [0, 0.05) is 4.75 Å². The van der Waals surface area contributed by atoms with Crippen LogP contribution in [0.4, 0.5) is 0 Å². The maximum Gasteiger partial charge on any atom is 0.0780 e. The van der Waals surface area contributed by atoms with E-state index in [1.54, 1.807) is 11.8 Å². The fraction of sp³-hybridized carbons (Fsp3) is 0.462. The van der Waals surface area contributed by atoms with Gasteiger partial charge in [0.25, 0.3) is 0 Å².